The summed E-state index contributed by atoms with van der Waals surface area (Å²) in [5.74, 6) is 0.219. The molecule has 4 N–H and O–H groups in total. The summed E-state index contributed by atoms with van der Waals surface area (Å²) in [4.78, 5) is 20.5. The topological polar surface area (TPSA) is 127 Å². The zero-order valence-corrected chi connectivity index (χ0v) is 14.3. The number of rotatable bonds is 5. The van der Waals surface area contributed by atoms with Crippen LogP contribution >= 0.6 is 11.3 Å². The van der Waals surface area contributed by atoms with E-state index in [1.807, 2.05) is 6.07 Å². The van der Waals surface area contributed by atoms with E-state index >= 15 is 0 Å². The zero-order chi connectivity index (χ0) is 17.9. The standard InChI is InChI=1S/C15H13N5O3S2/c16-25(22,23)11-6-4-10(5-7-11)18-14(21)12-9-24-15(19-12)20-13-3-1-2-8-17-13/h1-9H,(H,18,21)(H2,16,22,23)(H,17,19,20). The second-order valence-corrected chi connectivity index (χ2v) is 7.32. The second-order valence-electron chi connectivity index (χ2n) is 4.90. The van der Waals surface area contributed by atoms with E-state index in [0.717, 1.165) is 0 Å². The van der Waals surface area contributed by atoms with Gasteiger partial charge in [-0.3, -0.25) is 4.79 Å². The number of nitrogens with one attached hydrogen (secondary N) is 2. The quantitative estimate of drug-likeness (QED) is 0.627. The molecule has 0 radical (unpaired) electrons. The second kappa shape index (κ2) is 6.97. The molecule has 3 rings (SSSR count). The fraction of sp³-hybridized carbons (Fsp3) is 0. The number of nitrogens with zero attached hydrogens (tertiary/aromatic N) is 2. The minimum absolute atomic E-state index is 0.0268. The molecular weight excluding hydrogens is 362 g/mol. The maximum atomic E-state index is 12.2. The highest BCUT2D eigenvalue weighted by molar-refractivity contribution is 7.89. The third-order valence-electron chi connectivity index (χ3n) is 3.08. The molecule has 2 aromatic heterocycles. The van der Waals surface area contributed by atoms with E-state index < -0.39 is 15.9 Å². The van der Waals surface area contributed by atoms with Gasteiger partial charge in [-0.2, -0.15) is 0 Å². The van der Waals surface area contributed by atoms with Crippen LogP contribution in [0.1, 0.15) is 10.5 Å². The highest BCUT2D eigenvalue weighted by Crippen LogP contribution is 2.20. The van der Waals surface area contributed by atoms with Crippen LogP contribution in [0.2, 0.25) is 0 Å². The molecule has 0 unspecified atom stereocenters. The molecule has 0 aliphatic carbocycles. The molecule has 3 aromatic rings. The van der Waals surface area contributed by atoms with E-state index in [1.54, 1.807) is 23.7 Å². The van der Waals surface area contributed by atoms with E-state index in [9.17, 15) is 13.2 Å². The Balaban J connectivity index is 1.67. The molecule has 0 fully saturated rings. The Kier molecular flexibility index (Phi) is 4.74. The number of primary sulfonamides is 1. The molecule has 25 heavy (non-hydrogen) atoms. The Morgan fingerprint density at radius 3 is 2.52 bits per heavy atom. The number of nitrogens with two attached hydrogens (primary N) is 1. The molecule has 0 spiro atoms. The summed E-state index contributed by atoms with van der Waals surface area (Å²) in [5.41, 5.74) is 0.670. The molecule has 2 heterocycles. The molecule has 0 saturated heterocycles. The van der Waals surface area contributed by atoms with Crippen LogP contribution in [0.5, 0.6) is 0 Å². The van der Waals surface area contributed by atoms with Crippen LogP contribution in [-0.4, -0.2) is 24.3 Å². The number of hydrogen-bond acceptors (Lipinski definition) is 7. The average Bonchev–Trinajstić information content (AvgIpc) is 3.04. The molecule has 0 atom stereocenters. The molecule has 8 nitrogen and oxygen atoms in total. The summed E-state index contributed by atoms with van der Waals surface area (Å²) in [5, 5.41) is 12.8. The van der Waals surface area contributed by atoms with Crippen molar-refractivity contribution in [2.45, 2.75) is 4.90 Å². The van der Waals surface area contributed by atoms with Gasteiger partial charge in [-0.15, -0.1) is 11.3 Å². The number of anilines is 3. The number of pyridine rings is 1. The van der Waals surface area contributed by atoms with E-state index in [4.69, 9.17) is 5.14 Å². The minimum Gasteiger partial charge on any atom is -0.321 e. The van der Waals surface area contributed by atoms with Gasteiger partial charge < -0.3 is 10.6 Å². The van der Waals surface area contributed by atoms with Gasteiger partial charge in [0.2, 0.25) is 10.0 Å². The largest absolute Gasteiger partial charge is 0.321 e. The lowest BCUT2D eigenvalue weighted by molar-refractivity contribution is 0.102. The SMILES string of the molecule is NS(=O)(=O)c1ccc(NC(=O)c2csc(Nc3ccccn3)n2)cc1. The number of benzene rings is 1. The van der Waals surface area contributed by atoms with Crippen molar-refractivity contribution in [2.24, 2.45) is 5.14 Å². The van der Waals surface area contributed by atoms with Gasteiger partial charge in [-0.25, -0.2) is 23.5 Å². The van der Waals surface area contributed by atoms with Crippen LogP contribution in [0.15, 0.2) is 58.9 Å². The molecule has 1 amide bonds. The summed E-state index contributed by atoms with van der Waals surface area (Å²) < 4.78 is 22.4. The Hall–Kier alpha value is -2.82. The van der Waals surface area contributed by atoms with Crippen molar-refractivity contribution in [3.05, 3.63) is 59.7 Å². The van der Waals surface area contributed by atoms with Crippen molar-refractivity contribution in [3.63, 3.8) is 0 Å². The Morgan fingerprint density at radius 2 is 1.88 bits per heavy atom. The molecule has 0 aliphatic heterocycles. The molecule has 0 saturated carbocycles. The molecule has 128 valence electrons. The molecule has 0 aliphatic rings. The van der Waals surface area contributed by atoms with Crippen LogP contribution in [0.4, 0.5) is 16.6 Å². The third-order valence-corrected chi connectivity index (χ3v) is 4.76. The van der Waals surface area contributed by atoms with Gasteiger partial charge in [-0.1, -0.05) is 6.07 Å². The maximum Gasteiger partial charge on any atom is 0.275 e. The number of carbonyl (C=O) groups is 1. The highest BCUT2D eigenvalue weighted by atomic mass is 32.2. The first-order chi connectivity index (χ1) is 11.9. The smallest absolute Gasteiger partial charge is 0.275 e. The monoisotopic (exact) mass is 375 g/mol. The summed E-state index contributed by atoms with van der Waals surface area (Å²) >= 11 is 1.27. The number of aromatic nitrogens is 2. The predicted octanol–water partition coefficient (Wildman–Crippen LogP) is 2.18. The third kappa shape index (κ3) is 4.38. The molecule has 10 heteroatoms. The van der Waals surface area contributed by atoms with Gasteiger partial charge in [0, 0.05) is 17.3 Å². The fourth-order valence-electron chi connectivity index (χ4n) is 1.90. The summed E-state index contributed by atoms with van der Waals surface area (Å²) in [7, 11) is -3.76. The zero-order valence-electron chi connectivity index (χ0n) is 12.7. The summed E-state index contributed by atoms with van der Waals surface area (Å²) in [6.45, 7) is 0. The summed E-state index contributed by atoms with van der Waals surface area (Å²) in [6.07, 6.45) is 1.65. The van der Waals surface area contributed by atoms with Crippen LogP contribution < -0.4 is 15.8 Å². The van der Waals surface area contributed by atoms with Crippen molar-refractivity contribution >= 4 is 43.9 Å². The van der Waals surface area contributed by atoms with Crippen LogP contribution in [-0.2, 0) is 10.0 Å². The average molecular weight is 375 g/mol. The number of sulfonamides is 1. The first kappa shape index (κ1) is 17.0. The van der Waals surface area contributed by atoms with E-state index in [1.165, 1.54) is 35.6 Å². The fourth-order valence-corrected chi connectivity index (χ4v) is 3.12. The summed E-state index contributed by atoms with van der Waals surface area (Å²) in [6, 6.07) is 11.0. The lowest BCUT2D eigenvalue weighted by atomic mass is 10.3. The number of amides is 1. The van der Waals surface area contributed by atoms with Crippen LogP contribution in [0.25, 0.3) is 0 Å². The van der Waals surface area contributed by atoms with Crippen molar-refractivity contribution in [3.8, 4) is 0 Å². The molecular formula is C15H13N5O3S2. The number of carbonyl (C=O) groups excluding carboxylic acids is 1. The van der Waals surface area contributed by atoms with Crippen LogP contribution in [0, 0.1) is 0 Å². The highest BCUT2D eigenvalue weighted by Gasteiger charge is 2.12. The number of hydrogen-bond donors (Lipinski definition) is 3. The molecule has 0 bridgehead atoms. The number of thiazole rings is 1. The first-order valence-corrected chi connectivity index (χ1v) is 9.42. The van der Waals surface area contributed by atoms with E-state index in [2.05, 4.69) is 20.6 Å². The Labute approximate surface area is 147 Å². The lowest BCUT2D eigenvalue weighted by Crippen LogP contribution is -2.14. The normalized spacial score (nSPS) is 11.1. The van der Waals surface area contributed by atoms with E-state index in [-0.39, 0.29) is 10.6 Å². The minimum atomic E-state index is -3.76. The van der Waals surface area contributed by atoms with E-state index in [0.29, 0.717) is 16.6 Å². The van der Waals surface area contributed by atoms with Crippen LogP contribution in [0.3, 0.4) is 0 Å². The van der Waals surface area contributed by atoms with Gasteiger partial charge in [0.05, 0.1) is 4.90 Å². The Bertz CT molecular complexity index is 986. The van der Waals surface area contributed by atoms with Gasteiger partial charge >= 0.3 is 0 Å². The van der Waals surface area contributed by atoms with Crippen molar-refractivity contribution in [1.82, 2.24) is 9.97 Å². The van der Waals surface area contributed by atoms with Gasteiger partial charge in [0.15, 0.2) is 5.13 Å². The van der Waals surface area contributed by atoms with Gasteiger partial charge in [-0.05, 0) is 36.4 Å². The van der Waals surface area contributed by atoms with Crippen molar-refractivity contribution in [1.29, 1.82) is 0 Å². The lowest BCUT2D eigenvalue weighted by Gasteiger charge is -2.04. The Morgan fingerprint density at radius 1 is 1.12 bits per heavy atom. The van der Waals surface area contributed by atoms with Gasteiger partial charge in [0.1, 0.15) is 11.5 Å². The maximum absolute atomic E-state index is 12.2. The van der Waals surface area contributed by atoms with Crippen molar-refractivity contribution in [2.75, 3.05) is 10.6 Å². The molecule has 1 aromatic carbocycles. The van der Waals surface area contributed by atoms with Gasteiger partial charge in [0.25, 0.3) is 5.91 Å². The van der Waals surface area contributed by atoms with Crippen molar-refractivity contribution < 1.29 is 13.2 Å². The predicted molar refractivity (Wildman–Crippen MR) is 95.4 cm³/mol. The first-order valence-electron chi connectivity index (χ1n) is 6.99.